The van der Waals surface area contributed by atoms with Gasteiger partial charge in [-0.3, -0.25) is 4.90 Å². The van der Waals surface area contributed by atoms with Crippen LogP contribution in [0.15, 0.2) is 24.3 Å². The summed E-state index contributed by atoms with van der Waals surface area (Å²) >= 11 is 0. The lowest BCUT2D eigenvalue weighted by molar-refractivity contribution is -0.0407. The van der Waals surface area contributed by atoms with E-state index in [1.54, 1.807) is 0 Å². The van der Waals surface area contributed by atoms with Crippen LogP contribution >= 0.6 is 0 Å². The van der Waals surface area contributed by atoms with Crippen molar-refractivity contribution in [3.63, 3.8) is 0 Å². The van der Waals surface area contributed by atoms with Crippen LogP contribution in [-0.4, -0.2) is 53.6 Å². The van der Waals surface area contributed by atoms with E-state index in [9.17, 15) is 5.11 Å². The van der Waals surface area contributed by atoms with Crippen LogP contribution in [0, 0.1) is 0 Å². The highest BCUT2D eigenvalue weighted by atomic mass is 16.5. The van der Waals surface area contributed by atoms with Crippen LogP contribution in [0.4, 0.5) is 0 Å². The molecule has 1 fully saturated rings. The van der Waals surface area contributed by atoms with Crippen molar-refractivity contribution in [2.75, 3.05) is 26.3 Å². The Morgan fingerprint density at radius 1 is 1.30 bits per heavy atom. The van der Waals surface area contributed by atoms with Crippen molar-refractivity contribution in [1.29, 1.82) is 0 Å². The lowest BCUT2D eigenvalue weighted by Gasteiger charge is -2.37. The summed E-state index contributed by atoms with van der Waals surface area (Å²) in [6.45, 7) is 2.37. The van der Waals surface area contributed by atoms with E-state index in [0.717, 1.165) is 37.9 Å². The summed E-state index contributed by atoms with van der Waals surface area (Å²) in [6, 6.07) is 8.35. The maximum absolute atomic E-state index is 10.5. The predicted octanol–water partition coefficient (Wildman–Crippen LogP) is 1.12. The van der Waals surface area contributed by atoms with Crippen molar-refractivity contribution in [1.82, 2.24) is 4.90 Å². The van der Waals surface area contributed by atoms with Crippen LogP contribution in [0.3, 0.4) is 0 Å². The fourth-order valence-corrected chi connectivity index (χ4v) is 3.50. The van der Waals surface area contributed by atoms with Gasteiger partial charge in [-0.25, -0.2) is 0 Å². The minimum atomic E-state index is -0.386. The Morgan fingerprint density at radius 3 is 2.95 bits per heavy atom. The molecule has 3 rings (SSSR count). The molecule has 4 nitrogen and oxygen atoms in total. The molecule has 0 bridgehead atoms. The number of likely N-dealkylation sites (tertiary alicyclic amines) is 1. The Bertz CT molecular complexity index is 451. The number of aliphatic hydroxyl groups excluding tert-OH is 2. The third-order valence-electron chi connectivity index (χ3n) is 4.49. The summed E-state index contributed by atoms with van der Waals surface area (Å²) < 4.78 is 5.66. The Balaban J connectivity index is 1.65. The molecule has 1 heterocycles. The van der Waals surface area contributed by atoms with E-state index < -0.39 is 0 Å². The maximum Gasteiger partial charge on any atom is 0.0951 e. The van der Waals surface area contributed by atoms with Gasteiger partial charge >= 0.3 is 0 Å². The summed E-state index contributed by atoms with van der Waals surface area (Å²) in [5.41, 5.74) is 2.35. The fourth-order valence-electron chi connectivity index (χ4n) is 3.50. The highest BCUT2D eigenvalue weighted by Crippen LogP contribution is 2.35. The fraction of sp³-hybridized carbons (Fsp3) is 0.625. The summed E-state index contributed by atoms with van der Waals surface area (Å²) in [7, 11) is 0. The molecule has 1 aromatic carbocycles. The third kappa shape index (κ3) is 2.74. The molecular formula is C16H23NO3. The number of nitrogens with zero attached hydrogens (tertiary/aromatic N) is 1. The van der Waals surface area contributed by atoms with Crippen molar-refractivity contribution in [2.45, 2.75) is 37.5 Å². The molecule has 20 heavy (non-hydrogen) atoms. The van der Waals surface area contributed by atoms with Gasteiger partial charge in [-0.05, 0) is 36.9 Å². The van der Waals surface area contributed by atoms with Crippen LogP contribution in [-0.2, 0) is 11.2 Å². The number of hydrogen-bond acceptors (Lipinski definition) is 4. The molecule has 0 spiro atoms. The van der Waals surface area contributed by atoms with Gasteiger partial charge in [0.2, 0.25) is 0 Å². The van der Waals surface area contributed by atoms with Crippen LogP contribution in [0.25, 0.3) is 0 Å². The second-order valence-electron chi connectivity index (χ2n) is 5.77. The van der Waals surface area contributed by atoms with E-state index in [1.165, 1.54) is 5.56 Å². The lowest BCUT2D eigenvalue weighted by atomic mass is 10.0. The van der Waals surface area contributed by atoms with Gasteiger partial charge < -0.3 is 14.9 Å². The van der Waals surface area contributed by atoms with E-state index in [-0.39, 0.29) is 24.9 Å². The first kappa shape index (κ1) is 14.0. The number of benzene rings is 1. The van der Waals surface area contributed by atoms with Crippen molar-refractivity contribution < 1.29 is 14.9 Å². The zero-order chi connectivity index (χ0) is 13.9. The molecule has 0 amide bonds. The number of hydrogen-bond donors (Lipinski definition) is 2. The largest absolute Gasteiger partial charge is 0.394 e. The average molecular weight is 277 g/mol. The highest BCUT2D eigenvalue weighted by molar-refractivity contribution is 5.35. The molecule has 1 aromatic rings. The van der Waals surface area contributed by atoms with Gasteiger partial charge in [-0.15, -0.1) is 0 Å². The van der Waals surface area contributed by atoms with Gasteiger partial charge in [0, 0.05) is 12.6 Å². The number of rotatable bonds is 4. The van der Waals surface area contributed by atoms with Crippen molar-refractivity contribution in [2.24, 2.45) is 0 Å². The van der Waals surface area contributed by atoms with Crippen LogP contribution in [0.2, 0.25) is 0 Å². The molecule has 2 N–H and O–H groups in total. The smallest absolute Gasteiger partial charge is 0.0951 e. The molecule has 1 saturated heterocycles. The molecule has 2 aliphatic rings. The first-order valence-electron chi connectivity index (χ1n) is 7.52. The Kier molecular flexibility index (Phi) is 4.36. The molecule has 1 aliphatic heterocycles. The van der Waals surface area contributed by atoms with Crippen molar-refractivity contribution in [3.05, 3.63) is 35.4 Å². The Hall–Kier alpha value is -0.940. The SMILES string of the molecule is OCCO[C@@H]1CCCN([C@@H]2Cc3ccccc3[C@@H]2O)C1. The number of piperidine rings is 1. The first-order chi connectivity index (χ1) is 9.79. The zero-order valence-corrected chi connectivity index (χ0v) is 11.7. The van der Waals surface area contributed by atoms with E-state index in [2.05, 4.69) is 11.0 Å². The predicted molar refractivity (Wildman–Crippen MR) is 76.5 cm³/mol. The van der Waals surface area contributed by atoms with Crippen LogP contribution in [0.5, 0.6) is 0 Å². The standard InChI is InChI=1S/C16H23NO3/c18-8-9-20-13-5-3-7-17(11-13)15-10-12-4-1-2-6-14(12)16(15)19/h1-2,4,6,13,15-16,18-19H,3,5,7-11H2/t13-,15-,16+/m1/s1. The van der Waals surface area contributed by atoms with Gasteiger partial charge in [0.15, 0.2) is 0 Å². The van der Waals surface area contributed by atoms with Gasteiger partial charge in [0.05, 0.1) is 25.4 Å². The van der Waals surface area contributed by atoms with E-state index in [4.69, 9.17) is 9.84 Å². The summed E-state index contributed by atoms with van der Waals surface area (Å²) in [5.74, 6) is 0. The second-order valence-corrected chi connectivity index (χ2v) is 5.77. The summed E-state index contributed by atoms with van der Waals surface area (Å²) in [4.78, 5) is 2.36. The van der Waals surface area contributed by atoms with Crippen molar-refractivity contribution >= 4 is 0 Å². The Morgan fingerprint density at radius 2 is 2.15 bits per heavy atom. The third-order valence-corrected chi connectivity index (χ3v) is 4.49. The molecule has 3 atom stereocenters. The molecular weight excluding hydrogens is 254 g/mol. The molecule has 4 heteroatoms. The Labute approximate surface area is 120 Å². The molecule has 0 unspecified atom stereocenters. The van der Waals surface area contributed by atoms with Crippen LogP contribution < -0.4 is 0 Å². The van der Waals surface area contributed by atoms with Crippen molar-refractivity contribution in [3.8, 4) is 0 Å². The van der Waals surface area contributed by atoms with Gasteiger partial charge in [-0.1, -0.05) is 24.3 Å². The molecule has 0 aromatic heterocycles. The highest BCUT2D eigenvalue weighted by Gasteiger charge is 2.36. The zero-order valence-electron chi connectivity index (χ0n) is 11.7. The van der Waals surface area contributed by atoms with Crippen LogP contribution in [0.1, 0.15) is 30.1 Å². The van der Waals surface area contributed by atoms with E-state index in [0.29, 0.717) is 6.61 Å². The minimum absolute atomic E-state index is 0.0774. The normalized spacial score (nSPS) is 30.4. The van der Waals surface area contributed by atoms with Gasteiger partial charge in [-0.2, -0.15) is 0 Å². The van der Waals surface area contributed by atoms with Gasteiger partial charge in [0.25, 0.3) is 0 Å². The minimum Gasteiger partial charge on any atom is -0.394 e. The maximum atomic E-state index is 10.5. The number of ether oxygens (including phenoxy) is 1. The molecule has 0 radical (unpaired) electrons. The quantitative estimate of drug-likeness (QED) is 0.866. The molecule has 0 saturated carbocycles. The number of fused-ring (bicyclic) bond motifs is 1. The lowest BCUT2D eigenvalue weighted by Crippen LogP contribution is -2.47. The van der Waals surface area contributed by atoms with E-state index in [1.807, 2.05) is 18.2 Å². The second kappa shape index (κ2) is 6.22. The summed E-state index contributed by atoms with van der Waals surface area (Å²) in [5, 5.41) is 19.4. The molecule has 110 valence electrons. The number of aliphatic hydroxyl groups is 2. The summed E-state index contributed by atoms with van der Waals surface area (Å²) in [6.07, 6.45) is 2.86. The first-order valence-corrected chi connectivity index (χ1v) is 7.52. The monoisotopic (exact) mass is 277 g/mol. The molecule has 1 aliphatic carbocycles. The average Bonchev–Trinajstić information content (AvgIpc) is 2.83. The topological polar surface area (TPSA) is 52.9 Å². The van der Waals surface area contributed by atoms with Gasteiger partial charge in [0.1, 0.15) is 0 Å². The van der Waals surface area contributed by atoms with E-state index >= 15 is 0 Å².